The Morgan fingerprint density at radius 1 is 1.24 bits per heavy atom. The van der Waals surface area contributed by atoms with Crippen molar-refractivity contribution in [2.45, 2.75) is 38.4 Å². The van der Waals surface area contributed by atoms with E-state index in [9.17, 15) is 4.79 Å². The number of hydrogen-bond donors (Lipinski definition) is 0. The normalized spacial score (nSPS) is 23.2. The topological polar surface area (TPSA) is 29.5 Å². The highest BCUT2D eigenvalue weighted by molar-refractivity contribution is 6.25. The summed E-state index contributed by atoms with van der Waals surface area (Å²) in [5.74, 6) is 0.107. The van der Waals surface area contributed by atoms with Crippen LogP contribution in [0.2, 0.25) is 0 Å². The van der Waals surface area contributed by atoms with Gasteiger partial charge in [-0.2, -0.15) is 0 Å². The van der Waals surface area contributed by atoms with Crippen LogP contribution < -0.4 is 4.90 Å². The number of amides is 1. The van der Waals surface area contributed by atoms with Gasteiger partial charge in [-0.25, -0.2) is 0 Å². The maximum atomic E-state index is 12.7. The minimum Gasteiger partial charge on any atom is -0.370 e. The number of nitrogens with zero attached hydrogens (tertiary/aromatic N) is 1. The fourth-order valence-electron chi connectivity index (χ4n) is 3.57. The minimum atomic E-state index is -0.0632. The van der Waals surface area contributed by atoms with Crippen LogP contribution in [0.1, 0.15) is 37.0 Å². The van der Waals surface area contributed by atoms with Crippen molar-refractivity contribution < 1.29 is 9.53 Å². The molecule has 1 unspecified atom stereocenters. The van der Waals surface area contributed by atoms with Gasteiger partial charge >= 0.3 is 0 Å². The van der Waals surface area contributed by atoms with Crippen molar-refractivity contribution in [3.8, 4) is 0 Å². The van der Waals surface area contributed by atoms with Crippen molar-refractivity contribution >= 4 is 22.4 Å². The summed E-state index contributed by atoms with van der Waals surface area (Å²) in [7, 11) is 0. The van der Waals surface area contributed by atoms with Crippen LogP contribution in [0, 0.1) is 0 Å². The van der Waals surface area contributed by atoms with Crippen molar-refractivity contribution in [2.24, 2.45) is 0 Å². The van der Waals surface area contributed by atoms with Crippen LogP contribution in [0.15, 0.2) is 36.4 Å². The van der Waals surface area contributed by atoms with Crippen LogP contribution >= 0.6 is 0 Å². The molecule has 1 amide bonds. The molecule has 2 aliphatic rings. The van der Waals surface area contributed by atoms with Crippen LogP contribution in [0.3, 0.4) is 0 Å². The quantitative estimate of drug-likeness (QED) is 0.839. The Morgan fingerprint density at radius 2 is 2.00 bits per heavy atom. The van der Waals surface area contributed by atoms with E-state index in [2.05, 4.69) is 26.0 Å². The molecule has 2 aromatic carbocycles. The van der Waals surface area contributed by atoms with Gasteiger partial charge in [-0.3, -0.25) is 4.79 Å². The second kappa shape index (κ2) is 4.31. The highest BCUT2D eigenvalue weighted by Gasteiger charge is 2.36. The average Bonchev–Trinajstić information content (AvgIpc) is 2.94. The maximum absolute atomic E-state index is 12.7. The highest BCUT2D eigenvalue weighted by Crippen LogP contribution is 2.38. The lowest BCUT2D eigenvalue weighted by Crippen LogP contribution is -2.35. The molecular weight excluding hydrogens is 262 g/mol. The first kappa shape index (κ1) is 12.8. The van der Waals surface area contributed by atoms with Gasteiger partial charge in [0.1, 0.15) is 0 Å². The monoisotopic (exact) mass is 281 g/mol. The number of carbonyl (C=O) groups excluding carboxylic acids is 1. The predicted molar refractivity (Wildman–Crippen MR) is 83.8 cm³/mol. The van der Waals surface area contributed by atoms with E-state index < -0.39 is 0 Å². The highest BCUT2D eigenvalue weighted by atomic mass is 16.5. The van der Waals surface area contributed by atoms with E-state index >= 15 is 0 Å². The maximum Gasteiger partial charge on any atom is 0.259 e. The zero-order valence-corrected chi connectivity index (χ0v) is 12.4. The van der Waals surface area contributed by atoms with E-state index in [1.54, 1.807) is 0 Å². The van der Waals surface area contributed by atoms with Gasteiger partial charge in [-0.15, -0.1) is 0 Å². The first-order valence-corrected chi connectivity index (χ1v) is 7.57. The summed E-state index contributed by atoms with van der Waals surface area (Å²) >= 11 is 0. The van der Waals surface area contributed by atoms with Crippen molar-refractivity contribution in [1.29, 1.82) is 0 Å². The van der Waals surface area contributed by atoms with E-state index in [0.29, 0.717) is 6.54 Å². The Kier molecular flexibility index (Phi) is 2.64. The molecule has 2 heterocycles. The second-order valence-corrected chi connectivity index (χ2v) is 6.63. The van der Waals surface area contributed by atoms with Gasteiger partial charge < -0.3 is 9.64 Å². The van der Waals surface area contributed by atoms with E-state index in [4.69, 9.17) is 4.74 Å². The summed E-state index contributed by atoms with van der Waals surface area (Å²) in [5, 5.41) is 2.22. The predicted octanol–water partition coefficient (Wildman–Crippen LogP) is 3.76. The Bertz CT molecular complexity index is 730. The second-order valence-electron chi connectivity index (χ2n) is 6.63. The number of ether oxygens (including phenoxy) is 1. The van der Waals surface area contributed by atoms with Gasteiger partial charge in [0.15, 0.2) is 0 Å². The zero-order valence-electron chi connectivity index (χ0n) is 12.4. The Balaban J connectivity index is 1.70. The van der Waals surface area contributed by atoms with Crippen molar-refractivity contribution in [1.82, 2.24) is 0 Å². The van der Waals surface area contributed by atoms with Crippen LogP contribution in [-0.4, -0.2) is 24.2 Å². The molecular formula is C18H19NO2. The fourth-order valence-corrected chi connectivity index (χ4v) is 3.57. The third-order valence-electron chi connectivity index (χ3n) is 4.59. The molecule has 0 spiro atoms. The third kappa shape index (κ3) is 1.95. The largest absolute Gasteiger partial charge is 0.370 e. The molecule has 0 aromatic heterocycles. The lowest BCUT2D eigenvalue weighted by atomic mass is 10.1. The van der Waals surface area contributed by atoms with E-state index in [1.165, 1.54) is 0 Å². The Labute approximate surface area is 124 Å². The summed E-state index contributed by atoms with van der Waals surface area (Å²) < 4.78 is 6.06. The number of rotatable bonds is 2. The molecule has 2 aromatic rings. The molecule has 1 atom stereocenters. The van der Waals surface area contributed by atoms with Gasteiger partial charge in [0.25, 0.3) is 5.91 Å². The average molecular weight is 281 g/mol. The van der Waals surface area contributed by atoms with Crippen molar-refractivity contribution in [2.75, 3.05) is 11.4 Å². The summed E-state index contributed by atoms with van der Waals surface area (Å²) in [6, 6.07) is 12.1. The summed E-state index contributed by atoms with van der Waals surface area (Å²) in [5.41, 5.74) is 1.79. The molecule has 0 saturated carbocycles. The first-order valence-electron chi connectivity index (χ1n) is 7.57. The molecule has 2 aliphatic heterocycles. The number of benzene rings is 2. The summed E-state index contributed by atoms with van der Waals surface area (Å²) in [6.07, 6.45) is 2.20. The molecule has 21 heavy (non-hydrogen) atoms. The van der Waals surface area contributed by atoms with Crippen LogP contribution in [-0.2, 0) is 4.74 Å². The van der Waals surface area contributed by atoms with Gasteiger partial charge in [-0.05, 0) is 44.2 Å². The zero-order chi connectivity index (χ0) is 14.6. The van der Waals surface area contributed by atoms with E-state index in [1.807, 2.05) is 29.2 Å². The number of carbonyl (C=O) groups is 1. The Morgan fingerprint density at radius 3 is 2.71 bits per heavy atom. The number of anilines is 1. The van der Waals surface area contributed by atoms with Crippen LogP contribution in [0.5, 0.6) is 0 Å². The molecule has 0 radical (unpaired) electrons. The van der Waals surface area contributed by atoms with Crippen LogP contribution in [0.4, 0.5) is 5.69 Å². The Hall–Kier alpha value is -1.87. The SMILES string of the molecule is CC1(C)CCC(CN2C(=O)c3cccc4cccc2c34)O1. The molecule has 3 heteroatoms. The lowest BCUT2D eigenvalue weighted by Gasteiger charge is -2.24. The molecule has 4 rings (SSSR count). The molecule has 0 bridgehead atoms. The van der Waals surface area contributed by atoms with Gasteiger partial charge in [0.05, 0.1) is 23.9 Å². The first-order chi connectivity index (χ1) is 10.1. The van der Waals surface area contributed by atoms with Gasteiger partial charge in [0, 0.05) is 10.9 Å². The van der Waals surface area contributed by atoms with Gasteiger partial charge in [-0.1, -0.05) is 24.3 Å². The standard InChI is InChI=1S/C18H19NO2/c1-18(2)10-9-13(21-18)11-19-15-8-4-6-12-5-3-7-14(16(12)15)17(19)20/h3-8,13H,9-11H2,1-2H3. The third-order valence-corrected chi connectivity index (χ3v) is 4.59. The number of hydrogen-bond acceptors (Lipinski definition) is 2. The molecule has 0 N–H and O–H groups in total. The minimum absolute atomic E-state index is 0.0632. The molecule has 0 aliphatic carbocycles. The molecule has 3 nitrogen and oxygen atoms in total. The lowest BCUT2D eigenvalue weighted by molar-refractivity contribution is -0.0113. The van der Waals surface area contributed by atoms with Crippen LogP contribution in [0.25, 0.3) is 10.8 Å². The molecule has 1 saturated heterocycles. The molecule has 1 fully saturated rings. The fraction of sp³-hybridized carbons (Fsp3) is 0.389. The van der Waals surface area contributed by atoms with Crippen molar-refractivity contribution in [3.63, 3.8) is 0 Å². The van der Waals surface area contributed by atoms with E-state index in [-0.39, 0.29) is 17.6 Å². The smallest absolute Gasteiger partial charge is 0.259 e. The summed E-state index contributed by atoms with van der Waals surface area (Å²) in [4.78, 5) is 14.6. The van der Waals surface area contributed by atoms with E-state index in [0.717, 1.165) is 34.9 Å². The summed E-state index contributed by atoms with van der Waals surface area (Å²) in [6.45, 7) is 4.89. The van der Waals surface area contributed by atoms with Crippen molar-refractivity contribution in [3.05, 3.63) is 42.0 Å². The van der Waals surface area contributed by atoms with Gasteiger partial charge in [0.2, 0.25) is 0 Å². The molecule has 108 valence electrons.